The molecule has 2 N–H and O–H groups in total. The highest BCUT2D eigenvalue weighted by atomic mass is 16.3. The molecule has 2 amide bonds. The van der Waals surface area contributed by atoms with Gasteiger partial charge in [0.15, 0.2) is 0 Å². The van der Waals surface area contributed by atoms with Crippen LogP contribution in [0.2, 0.25) is 0 Å². The molecule has 0 spiro atoms. The average Bonchev–Trinajstić information content (AvgIpc) is 2.61. The molecule has 19 heavy (non-hydrogen) atoms. The van der Waals surface area contributed by atoms with E-state index in [2.05, 4.69) is 19.2 Å². The van der Waals surface area contributed by atoms with Crippen LogP contribution in [0.1, 0.15) is 59.3 Å². The monoisotopic (exact) mass is 270 g/mol. The van der Waals surface area contributed by atoms with Gasteiger partial charge in [-0.1, -0.05) is 26.7 Å². The number of aliphatic hydroxyl groups excluding tert-OH is 1. The van der Waals surface area contributed by atoms with Gasteiger partial charge in [-0.05, 0) is 38.5 Å². The number of amides is 2. The third-order valence-corrected chi connectivity index (χ3v) is 3.99. The topological polar surface area (TPSA) is 52.6 Å². The number of nitrogens with one attached hydrogen (secondary N) is 1. The van der Waals surface area contributed by atoms with Gasteiger partial charge < -0.3 is 15.3 Å². The Labute approximate surface area is 117 Å². The fraction of sp³-hybridized carbons (Fsp3) is 0.933. The van der Waals surface area contributed by atoms with Crippen molar-refractivity contribution in [2.24, 2.45) is 5.92 Å². The summed E-state index contributed by atoms with van der Waals surface area (Å²) in [7, 11) is 0. The molecule has 1 saturated heterocycles. The number of nitrogens with zero attached hydrogens (tertiary/aromatic N) is 1. The Kier molecular flexibility index (Phi) is 7.21. The lowest BCUT2D eigenvalue weighted by Gasteiger charge is -2.34. The van der Waals surface area contributed by atoms with Gasteiger partial charge in [-0.15, -0.1) is 0 Å². The van der Waals surface area contributed by atoms with Crippen LogP contribution >= 0.6 is 0 Å². The molecule has 1 aliphatic rings. The Morgan fingerprint density at radius 1 is 1.32 bits per heavy atom. The fourth-order valence-corrected chi connectivity index (χ4v) is 2.84. The number of carbonyl (C=O) groups excluding carboxylic acids is 1. The van der Waals surface area contributed by atoms with Gasteiger partial charge in [0.1, 0.15) is 0 Å². The summed E-state index contributed by atoms with van der Waals surface area (Å²) < 4.78 is 0. The molecule has 4 nitrogen and oxygen atoms in total. The lowest BCUT2D eigenvalue weighted by atomic mass is 9.98. The maximum atomic E-state index is 12.4. The van der Waals surface area contributed by atoms with Gasteiger partial charge >= 0.3 is 6.03 Å². The molecule has 0 bridgehead atoms. The molecule has 1 fully saturated rings. The minimum Gasteiger partial charge on any atom is -0.396 e. The van der Waals surface area contributed by atoms with E-state index in [1.807, 2.05) is 11.8 Å². The van der Waals surface area contributed by atoms with Crippen LogP contribution in [-0.4, -0.2) is 41.3 Å². The quantitative estimate of drug-likeness (QED) is 0.807. The van der Waals surface area contributed by atoms with E-state index < -0.39 is 0 Å². The van der Waals surface area contributed by atoms with Crippen LogP contribution in [0.4, 0.5) is 4.79 Å². The Hall–Kier alpha value is -0.770. The predicted molar refractivity (Wildman–Crippen MR) is 78.1 cm³/mol. The van der Waals surface area contributed by atoms with Gasteiger partial charge in [0, 0.05) is 25.2 Å². The number of likely N-dealkylation sites (tertiary alicyclic amines) is 1. The van der Waals surface area contributed by atoms with Crippen LogP contribution in [0.25, 0.3) is 0 Å². The van der Waals surface area contributed by atoms with Gasteiger partial charge in [0.25, 0.3) is 0 Å². The Morgan fingerprint density at radius 2 is 2.05 bits per heavy atom. The van der Waals surface area contributed by atoms with Crippen molar-refractivity contribution in [3.63, 3.8) is 0 Å². The highest BCUT2D eigenvalue weighted by molar-refractivity contribution is 5.74. The molecule has 2 atom stereocenters. The number of urea groups is 1. The molecule has 1 aliphatic heterocycles. The van der Waals surface area contributed by atoms with Crippen molar-refractivity contribution >= 4 is 6.03 Å². The van der Waals surface area contributed by atoms with Gasteiger partial charge in [0.05, 0.1) is 0 Å². The molecule has 0 radical (unpaired) electrons. The zero-order chi connectivity index (χ0) is 14.3. The standard InChI is InChI=1S/C15H30N2O2/c1-12(2)14-9-5-4-6-10-17(14)15(19)16-13(3)8-7-11-18/h12-14,18H,4-11H2,1-3H3,(H,16,19). The van der Waals surface area contributed by atoms with Crippen LogP contribution in [-0.2, 0) is 0 Å². The lowest BCUT2D eigenvalue weighted by Crippen LogP contribution is -2.50. The van der Waals surface area contributed by atoms with E-state index in [-0.39, 0.29) is 18.7 Å². The zero-order valence-corrected chi connectivity index (χ0v) is 12.7. The normalized spacial score (nSPS) is 22.2. The summed E-state index contributed by atoms with van der Waals surface area (Å²) >= 11 is 0. The lowest BCUT2D eigenvalue weighted by molar-refractivity contribution is 0.152. The summed E-state index contributed by atoms with van der Waals surface area (Å²) in [4.78, 5) is 14.4. The summed E-state index contributed by atoms with van der Waals surface area (Å²) in [5, 5.41) is 11.9. The third-order valence-electron chi connectivity index (χ3n) is 3.99. The first kappa shape index (κ1) is 16.3. The smallest absolute Gasteiger partial charge is 0.317 e. The molecule has 1 heterocycles. The van der Waals surface area contributed by atoms with Gasteiger partial charge in [-0.25, -0.2) is 4.79 Å². The highest BCUT2D eigenvalue weighted by Crippen LogP contribution is 2.22. The van der Waals surface area contributed by atoms with E-state index in [0.717, 1.165) is 32.2 Å². The molecular formula is C15H30N2O2. The maximum absolute atomic E-state index is 12.4. The van der Waals surface area contributed by atoms with E-state index in [1.165, 1.54) is 12.8 Å². The molecule has 0 saturated carbocycles. The van der Waals surface area contributed by atoms with Crippen molar-refractivity contribution < 1.29 is 9.90 Å². The van der Waals surface area contributed by atoms with E-state index in [4.69, 9.17) is 5.11 Å². The van der Waals surface area contributed by atoms with Gasteiger partial charge in [-0.2, -0.15) is 0 Å². The summed E-state index contributed by atoms with van der Waals surface area (Å²) in [5.41, 5.74) is 0. The number of hydrogen-bond donors (Lipinski definition) is 2. The second-order valence-electron chi connectivity index (χ2n) is 6.07. The molecule has 4 heteroatoms. The zero-order valence-electron chi connectivity index (χ0n) is 12.7. The number of hydrogen-bond acceptors (Lipinski definition) is 2. The first-order chi connectivity index (χ1) is 9.06. The summed E-state index contributed by atoms with van der Waals surface area (Å²) in [6.07, 6.45) is 6.27. The number of rotatable bonds is 5. The largest absolute Gasteiger partial charge is 0.396 e. The second-order valence-corrected chi connectivity index (χ2v) is 6.07. The van der Waals surface area contributed by atoms with E-state index in [9.17, 15) is 4.79 Å². The van der Waals surface area contributed by atoms with Gasteiger partial charge in [-0.3, -0.25) is 0 Å². The fourth-order valence-electron chi connectivity index (χ4n) is 2.84. The SMILES string of the molecule is CC(CCCO)NC(=O)N1CCCCCC1C(C)C. The summed E-state index contributed by atoms with van der Waals surface area (Å²) in [6, 6.07) is 0.578. The molecular weight excluding hydrogens is 240 g/mol. The number of aliphatic hydroxyl groups is 1. The Bertz CT molecular complexity index is 269. The van der Waals surface area contributed by atoms with Crippen LogP contribution in [0, 0.1) is 5.92 Å². The van der Waals surface area contributed by atoms with Crippen LogP contribution < -0.4 is 5.32 Å². The Morgan fingerprint density at radius 3 is 2.68 bits per heavy atom. The van der Waals surface area contributed by atoms with Crippen LogP contribution in [0.15, 0.2) is 0 Å². The third kappa shape index (κ3) is 5.39. The van der Waals surface area contributed by atoms with Gasteiger partial charge in [0.2, 0.25) is 0 Å². The van der Waals surface area contributed by atoms with Crippen molar-refractivity contribution in [1.82, 2.24) is 10.2 Å². The van der Waals surface area contributed by atoms with Crippen molar-refractivity contribution in [2.75, 3.05) is 13.2 Å². The average molecular weight is 270 g/mol. The number of carbonyl (C=O) groups is 1. The molecule has 1 rings (SSSR count). The minimum atomic E-state index is 0.0750. The van der Waals surface area contributed by atoms with Crippen molar-refractivity contribution in [2.45, 2.75) is 71.4 Å². The van der Waals surface area contributed by atoms with Crippen molar-refractivity contribution in [3.8, 4) is 0 Å². The molecule has 112 valence electrons. The minimum absolute atomic E-state index is 0.0750. The maximum Gasteiger partial charge on any atom is 0.317 e. The molecule has 2 unspecified atom stereocenters. The first-order valence-corrected chi connectivity index (χ1v) is 7.74. The summed E-state index contributed by atoms with van der Waals surface area (Å²) in [6.45, 7) is 7.48. The van der Waals surface area contributed by atoms with E-state index >= 15 is 0 Å². The Balaban J connectivity index is 2.55. The van der Waals surface area contributed by atoms with E-state index in [1.54, 1.807) is 0 Å². The van der Waals surface area contributed by atoms with Crippen LogP contribution in [0.5, 0.6) is 0 Å². The predicted octanol–water partition coefficient (Wildman–Crippen LogP) is 2.76. The molecule has 0 aromatic rings. The van der Waals surface area contributed by atoms with Crippen molar-refractivity contribution in [3.05, 3.63) is 0 Å². The molecule has 0 aromatic carbocycles. The summed E-state index contributed by atoms with van der Waals surface area (Å²) in [5.74, 6) is 0.511. The van der Waals surface area contributed by atoms with Crippen molar-refractivity contribution in [1.29, 1.82) is 0 Å². The molecule has 0 aromatic heterocycles. The molecule has 0 aliphatic carbocycles. The highest BCUT2D eigenvalue weighted by Gasteiger charge is 2.28. The van der Waals surface area contributed by atoms with E-state index in [0.29, 0.717) is 12.0 Å². The van der Waals surface area contributed by atoms with Crippen LogP contribution in [0.3, 0.4) is 0 Å². The second kappa shape index (κ2) is 8.41. The first-order valence-electron chi connectivity index (χ1n) is 7.74.